The van der Waals surface area contributed by atoms with Gasteiger partial charge in [-0.1, -0.05) is 26.0 Å². The molecule has 0 amide bonds. The van der Waals surface area contributed by atoms with Gasteiger partial charge in [-0.15, -0.1) is 5.10 Å². The van der Waals surface area contributed by atoms with Crippen molar-refractivity contribution >= 4 is 5.97 Å². The fourth-order valence-corrected chi connectivity index (χ4v) is 1.67. The molecule has 0 aliphatic heterocycles. The van der Waals surface area contributed by atoms with Crippen molar-refractivity contribution in [2.24, 2.45) is 11.8 Å². The molecular formula is C11H19N3O2. The van der Waals surface area contributed by atoms with Gasteiger partial charge in [0.15, 0.2) is 5.69 Å². The molecule has 90 valence electrons. The zero-order valence-corrected chi connectivity index (χ0v) is 10.4. The highest BCUT2D eigenvalue weighted by molar-refractivity contribution is 5.84. The number of rotatable bonds is 4. The Morgan fingerprint density at radius 2 is 2.00 bits per heavy atom. The molecule has 5 heteroatoms. The van der Waals surface area contributed by atoms with Crippen LogP contribution in [0.1, 0.15) is 45.1 Å². The lowest BCUT2D eigenvalue weighted by Crippen LogP contribution is -2.37. The third-order valence-corrected chi connectivity index (χ3v) is 3.42. The molecule has 0 saturated carbocycles. The Balaban J connectivity index is 3.02. The van der Waals surface area contributed by atoms with Gasteiger partial charge in [0.05, 0.1) is 11.7 Å². The van der Waals surface area contributed by atoms with Crippen LogP contribution in [0, 0.1) is 11.8 Å². The van der Waals surface area contributed by atoms with Crippen LogP contribution in [0.3, 0.4) is 0 Å². The molecule has 1 N–H and O–H groups in total. The van der Waals surface area contributed by atoms with Crippen LogP contribution in [0.2, 0.25) is 0 Å². The van der Waals surface area contributed by atoms with Crippen molar-refractivity contribution in [3.63, 3.8) is 0 Å². The molecule has 0 aromatic carbocycles. The Labute approximate surface area is 95.5 Å². The average Bonchev–Trinajstić information content (AvgIpc) is 2.65. The molecule has 1 aromatic rings. The first-order valence-corrected chi connectivity index (χ1v) is 5.43. The van der Waals surface area contributed by atoms with Gasteiger partial charge in [0, 0.05) is 0 Å². The summed E-state index contributed by atoms with van der Waals surface area (Å²) in [6, 6.07) is 0. The second-order valence-electron chi connectivity index (χ2n) is 5.04. The lowest BCUT2D eigenvalue weighted by Gasteiger charge is -2.34. The molecule has 1 rings (SSSR count). The van der Waals surface area contributed by atoms with E-state index >= 15 is 0 Å². The van der Waals surface area contributed by atoms with Crippen LogP contribution >= 0.6 is 0 Å². The number of aromatic carboxylic acids is 1. The average molecular weight is 225 g/mol. The molecule has 1 atom stereocenters. The van der Waals surface area contributed by atoms with Crippen LogP contribution in [0.15, 0.2) is 6.20 Å². The van der Waals surface area contributed by atoms with E-state index in [0.717, 1.165) is 0 Å². The summed E-state index contributed by atoms with van der Waals surface area (Å²) in [6.07, 6.45) is 1.49. The molecular weight excluding hydrogens is 206 g/mol. The van der Waals surface area contributed by atoms with Gasteiger partial charge in [-0.05, 0) is 25.7 Å². The zero-order chi connectivity index (χ0) is 12.5. The number of carboxylic acids is 1. The molecule has 0 fully saturated rings. The van der Waals surface area contributed by atoms with Crippen LogP contribution in [0.4, 0.5) is 0 Å². The smallest absolute Gasteiger partial charge is 0.358 e. The predicted octanol–water partition coefficient (Wildman–Crippen LogP) is 2.00. The Bertz CT molecular complexity index is 382. The van der Waals surface area contributed by atoms with Gasteiger partial charge < -0.3 is 5.11 Å². The summed E-state index contributed by atoms with van der Waals surface area (Å²) in [7, 11) is 0. The largest absolute Gasteiger partial charge is 0.476 e. The van der Waals surface area contributed by atoms with Gasteiger partial charge in [-0.2, -0.15) is 0 Å². The molecule has 0 radical (unpaired) electrons. The quantitative estimate of drug-likeness (QED) is 0.851. The second-order valence-corrected chi connectivity index (χ2v) is 5.04. The van der Waals surface area contributed by atoms with E-state index in [2.05, 4.69) is 31.1 Å². The molecule has 1 unspecified atom stereocenters. The van der Waals surface area contributed by atoms with E-state index in [1.807, 2.05) is 13.8 Å². The summed E-state index contributed by atoms with van der Waals surface area (Å²) in [5.74, 6) is -0.178. The fraction of sp³-hybridized carbons (Fsp3) is 0.727. The molecule has 16 heavy (non-hydrogen) atoms. The first-order chi connectivity index (χ1) is 7.26. The molecule has 5 nitrogen and oxygen atoms in total. The van der Waals surface area contributed by atoms with Crippen LogP contribution in [0.5, 0.6) is 0 Å². The monoisotopic (exact) mass is 225 g/mol. The zero-order valence-electron chi connectivity index (χ0n) is 10.4. The maximum atomic E-state index is 10.7. The standard InChI is InChI=1S/C11H19N3O2/c1-7(2)8(3)11(4,5)14-6-9(10(15)16)12-13-14/h6-8H,1-5H3,(H,15,16). The maximum Gasteiger partial charge on any atom is 0.358 e. The Morgan fingerprint density at radius 1 is 1.44 bits per heavy atom. The summed E-state index contributed by atoms with van der Waals surface area (Å²) >= 11 is 0. The molecule has 0 bridgehead atoms. The van der Waals surface area contributed by atoms with Gasteiger partial charge in [0.2, 0.25) is 0 Å². The lowest BCUT2D eigenvalue weighted by molar-refractivity contribution is 0.0690. The van der Waals surface area contributed by atoms with Crippen molar-refractivity contribution in [1.29, 1.82) is 0 Å². The normalized spacial score (nSPS) is 14.1. The van der Waals surface area contributed by atoms with E-state index < -0.39 is 5.97 Å². The molecule has 1 heterocycles. The first kappa shape index (κ1) is 12.7. The van der Waals surface area contributed by atoms with E-state index in [-0.39, 0.29) is 11.2 Å². The summed E-state index contributed by atoms with van der Waals surface area (Å²) in [5, 5.41) is 16.3. The summed E-state index contributed by atoms with van der Waals surface area (Å²) in [5.41, 5.74) is -0.251. The van der Waals surface area contributed by atoms with E-state index in [4.69, 9.17) is 5.11 Å². The number of hydrogen-bond acceptors (Lipinski definition) is 3. The minimum Gasteiger partial charge on any atom is -0.476 e. The number of nitrogens with zero attached hydrogens (tertiary/aromatic N) is 3. The highest BCUT2D eigenvalue weighted by atomic mass is 16.4. The van der Waals surface area contributed by atoms with E-state index in [1.54, 1.807) is 4.68 Å². The summed E-state index contributed by atoms with van der Waals surface area (Å²) < 4.78 is 1.64. The third kappa shape index (κ3) is 2.23. The second kappa shape index (κ2) is 4.23. The van der Waals surface area contributed by atoms with Crippen LogP contribution in [-0.2, 0) is 5.54 Å². The maximum absolute atomic E-state index is 10.7. The summed E-state index contributed by atoms with van der Waals surface area (Å²) in [4.78, 5) is 10.7. The van der Waals surface area contributed by atoms with Crippen molar-refractivity contribution in [3.05, 3.63) is 11.9 Å². The number of hydrogen-bond donors (Lipinski definition) is 1. The first-order valence-electron chi connectivity index (χ1n) is 5.43. The highest BCUT2D eigenvalue weighted by Gasteiger charge is 2.31. The van der Waals surface area contributed by atoms with Crippen molar-refractivity contribution in [2.75, 3.05) is 0 Å². The number of carbonyl (C=O) groups is 1. The van der Waals surface area contributed by atoms with Crippen molar-refractivity contribution in [1.82, 2.24) is 15.0 Å². The van der Waals surface area contributed by atoms with E-state index in [1.165, 1.54) is 6.20 Å². The van der Waals surface area contributed by atoms with Crippen LogP contribution in [0.25, 0.3) is 0 Å². The van der Waals surface area contributed by atoms with Crippen molar-refractivity contribution in [3.8, 4) is 0 Å². The van der Waals surface area contributed by atoms with Gasteiger partial charge in [0.25, 0.3) is 0 Å². The molecule has 1 aromatic heterocycles. The Kier molecular flexibility index (Phi) is 3.35. The topological polar surface area (TPSA) is 68.0 Å². The Morgan fingerprint density at radius 3 is 2.38 bits per heavy atom. The molecule has 0 spiro atoms. The van der Waals surface area contributed by atoms with Crippen molar-refractivity contribution < 1.29 is 9.90 Å². The highest BCUT2D eigenvalue weighted by Crippen LogP contribution is 2.30. The van der Waals surface area contributed by atoms with Gasteiger partial charge in [0.1, 0.15) is 0 Å². The van der Waals surface area contributed by atoms with E-state index in [9.17, 15) is 4.79 Å². The van der Waals surface area contributed by atoms with E-state index in [0.29, 0.717) is 11.8 Å². The molecule has 0 aliphatic rings. The number of carboxylic acid groups (broad SMARTS) is 1. The van der Waals surface area contributed by atoms with Gasteiger partial charge in [-0.3, -0.25) is 0 Å². The Hall–Kier alpha value is -1.39. The van der Waals surface area contributed by atoms with Gasteiger partial charge >= 0.3 is 5.97 Å². The third-order valence-electron chi connectivity index (χ3n) is 3.42. The number of aromatic nitrogens is 3. The lowest BCUT2D eigenvalue weighted by atomic mass is 9.81. The minimum absolute atomic E-state index is 0.0102. The van der Waals surface area contributed by atoms with Crippen LogP contribution < -0.4 is 0 Å². The summed E-state index contributed by atoms with van der Waals surface area (Å²) in [6.45, 7) is 10.5. The van der Waals surface area contributed by atoms with Crippen LogP contribution in [-0.4, -0.2) is 26.1 Å². The SMILES string of the molecule is CC(C)C(C)C(C)(C)n1cc(C(=O)O)nn1. The van der Waals surface area contributed by atoms with Gasteiger partial charge in [-0.25, -0.2) is 9.48 Å². The molecule has 0 aliphatic carbocycles. The fourth-order valence-electron chi connectivity index (χ4n) is 1.67. The predicted molar refractivity (Wildman–Crippen MR) is 60.3 cm³/mol. The minimum atomic E-state index is -1.04. The molecule has 0 saturated heterocycles. The van der Waals surface area contributed by atoms with Crippen molar-refractivity contribution in [2.45, 2.75) is 40.2 Å².